The third-order valence-electron chi connectivity index (χ3n) is 2.67. The molecule has 0 saturated heterocycles. The monoisotopic (exact) mass is 222 g/mol. The molecule has 1 fully saturated rings. The van der Waals surface area contributed by atoms with Crippen molar-refractivity contribution in [1.82, 2.24) is 0 Å². The number of carbonyl (C=O) groups is 1. The summed E-state index contributed by atoms with van der Waals surface area (Å²) < 4.78 is 13.1. The third kappa shape index (κ3) is 2.39. The van der Waals surface area contributed by atoms with Crippen LogP contribution in [0, 0.1) is 11.7 Å². The Kier molecular flexibility index (Phi) is 3.19. The largest absolute Gasteiger partial charge is 0.329 e. The fourth-order valence-electron chi connectivity index (χ4n) is 1.69. The SMILES string of the molecule is NCCN(C(=O)C1CC1)c1cccc(F)c1. The molecule has 0 spiro atoms. The first-order valence-electron chi connectivity index (χ1n) is 5.49. The second-order valence-corrected chi connectivity index (χ2v) is 4.03. The number of benzene rings is 1. The Morgan fingerprint density at radius 2 is 2.25 bits per heavy atom. The van der Waals surface area contributed by atoms with Gasteiger partial charge in [-0.1, -0.05) is 6.07 Å². The molecule has 3 nitrogen and oxygen atoms in total. The number of nitrogens with two attached hydrogens (primary N) is 1. The van der Waals surface area contributed by atoms with Crippen LogP contribution >= 0.6 is 0 Å². The van der Waals surface area contributed by atoms with Crippen LogP contribution in [0.25, 0.3) is 0 Å². The van der Waals surface area contributed by atoms with Crippen LogP contribution in [0.15, 0.2) is 24.3 Å². The molecule has 16 heavy (non-hydrogen) atoms. The van der Waals surface area contributed by atoms with Gasteiger partial charge in [0.25, 0.3) is 0 Å². The first-order chi connectivity index (χ1) is 7.72. The molecule has 0 aliphatic heterocycles. The number of hydrogen-bond acceptors (Lipinski definition) is 2. The van der Waals surface area contributed by atoms with Crippen LogP contribution in [0.2, 0.25) is 0 Å². The van der Waals surface area contributed by atoms with Crippen LogP contribution in [0.5, 0.6) is 0 Å². The zero-order chi connectivity index (χ0) is 11.5. The smallest absolute Gasteiger partial charge is 0.230 e. The van der Waals surface area contributed by atoms with Crippen molar-refractivity contribution in [2.45, 2.75) is 12.8 Å². The summed E-state index contributed by atoms with van der Waals surface area (Å²) in [6.45, 7) is 0.827. The Hall–Kier alpha value is -1.42. The van der Waals surface area contributed by atoms with Gasteiger partial charge in [-0.05, 0) is 31.0 Å². The second-order valence-electron chi connectivity index (χ2n) is 4.03. The van der Waals surface area contributed by atoms with E-state index >= 15 is 0 Å². The van der Waals surface area contributed by atoms with E-state index in [-0.39, 0.29) is 17.6 Å². The summed E-state index contributed by atoms with van der Waals surface area (Å²) in [5, 5.41) is 0. The van der Waals surface area contributed by atoms with Crippen molar-refractivity contribution in [3.8, 4) is 0 Å². The van der Waals surface area contributed by atoms with Crippen LogP contribution in [0.1, 0.15) is 12.8 Å². The second kappa shape index (κ2) is 4.61. The van der Waals surface area contributed by atoms with E-state index in [4.69, 9.17) is 5.73 Å². The van der Waals surface area contributed by atoms with Crippen LogP contribution in [-0.2, 0) is 4.79 Å². The van der Waals surface area contributed by atoms with Gasteiger partial charge in [-0.15, -0.1) is 0 Å². The lowest BCUT2D eigenvalue weighted by Crippen LogP contribution is -2.36. The van der Waals surface area contributed by atoms with Crippen molar-refractivity contribution in [3.63, 3.8) is 0 Å². The number of amides is 1. The summed E-state index contributed by atoms with van der Waals surface area (Å²) in [6.07, 6.45) is 1.88. The summed E-state index contributed by atoms with van der Waals surface area (Å²) in [4.78, 5) is 13.5. The van der Waals surface area contributed by atoms with Crippen molar-refractivity contribution in [2.75, 3.05) is 18.0 Å². The van der Waals surface area contributed by atoms with Crippen LogP contribution in [-0.4, -0.2) is 19.0 Å². The predicted molar refractivity (Wildman–Crippen MR) is 60.5 cm³/mol. The lowest BCUT2D eigenvalue weighted by atomic mass is 10.2. The highest BCUT2D eigenvalue weighted by molar-refractivity contribution is 5.96. The van der Waals surface area contributed by atoms with Crippen molar-refractivity contribution in [2.24, 2.45) is 11.7 Å². The van der Waals surface area contributed by atoms with E-state index in [1.54, 1.807) is 17.0 Å². The van der Waals surface area contributed by atoms with Crippen LogP contribution in [0.4, 0.5) is 10.1 Å². The lowest BCUT2D eigenvalue weighted by Gasteiger charge is -2.22. The fourth-order valence-corrected chi connectivity index (χ4v) is 1.69. The highest BCUT2D eigenvalue weighted by Crippen LogP contribution is 2.32. The average molecular weight is 222 g/mol. The molecular weight excluding hydrogens is 207 g/mol. The number of rotatable bonds is 4. The van der Waals surface area contributed by atoms with Gasteiger partial charge in [0, 0.05) is 24.7 Å². The molecule has 1 aliphatic rings. The van der Waals surface area contributed by atoms with E-state index in [0.717, 1.165) is 12.8 Å². The Morgan fingerprint density at radius 3 is 2.81 bits per heavy atom. The molecule has 2 N–H and O–H groups in total. The number of hydrogen-bond donors (Lipinski definition) is 1. The first-order valence-corrected chi connectivity index (χ1v) is 5.49. The topological polar surface area (TPSA) is 46.3 Å². The highest BCUT2D eigenvalue weighted by Gasteiger charge is 2.33. The van der Waals surface area contributed by atoms with E-state index in [0.29, 0.717) is 18.8 Å². The van der Waals surface area contributed by atoms with Gasteiger partial charge in [-0.25, -0.2) is 4.39 Å². The minimum Gasteiger partial charge on any atom is -0.329 e. The molecule has 2 rings (SSSR count). The quantitative estimate of drug-likeness (QED) is 0.839. The average Bonchev–Trinajstić information content (AvgIpc) is 3.08. The minimum atomic E-state index is -0.330. The van der Waals surface area contributed by atoms with Crippen molar-refractivity contribution in [1.29, 1.82) is 0 Å². The number of nitrogens with zero attached hydrogens (tertiary/aromatic N) is 1. The van der Waals surface area contributed by atoms with Gasteiger partial charge < -0.3 is 10.6 Å². The standard InChI is InChI=1S/C12H15FN2O/c13-10-2-1-3-11(8-10)15(7-6-14)12(16)9-4-5-9/h1-3,8-9H,4-7,14H2. The van der Waals surface area contributed by atoms with Crippen LogP contribution in [0.3, 0.4) is 0 Å². The molecule has 86 valence electrons. The maximum Gasteiger partial charge on any atom is 0.230 e. The molecule has 0 heterocycles. The minimum absolute atomic E-state index is 0.0658. The summed E-state index contributed by atoms with van der Waals surface area (Å²) in [7, 11) is 0. The molecule has 0 aromatic heterocycles. The number of carbonyl (C=O) groups excluding carboxylic acids is 1. The van der Waals surface area contributed by atoms with E-state index in [1.165, 1.54) is 12.1 Å². The normalized spacial score (nSPS) is 14.9. The van der Waals surface area contributed by atoms with Gasteiger partial charge in [0.15, 0.2) is 0 Å². The van der Waals surface area contributed by atoms with Gasteiger partial charge in [0.2, 0.25) is 5.91 Å². The van der Waals surface area contributed by atoms with Gasteiger partial charge in [0.1, 0.15) is 5.82 Å². The van der Waals surface area contributed by atoms with E-state index in [1.807, 2.05) is 0 Å². The molecule has 1 aromatic carbocycles. The molecule has 0 unspecified atom stereocenters. The Balaban J connectivity index is 2.20. The first kappa shape index (κ1) is 11.1. The van der Waals surface area contributed by atoms with E-state index in [2.05, 4.69) is 0 Å². The van der Waals surface area contributed by atoms with Crippen molar-refractivity contribution >= 4 is 11.6 Å². The highest BCUT2D eigenvalue weighted by atomic mass is 19.1. The summed E-state index contributed by atoms with van der Waals surface area (Å²) in [6, 6.07) is 6.08. The zero-order valence-corrected chi connectivity index (χ0v) is 9.03. The molecule has 1 amide bonds. The molecule has 0 bridgehead atoms. The maximum atomic E-state index is 13.1. The fraction of sp³-hybridized carbons (Fsp3) is 0.417. The molecule has 4 heteroatoms. The predicted octanol–water partition coefficient (Wildman–Crippen LogP) is 1.53. The van der Waals surface area contributed by atoms with Crippen molar-refractivity contribution < 1.29 is 9.18 Å². The van der Waals surface area contributed by atoms with E-state index < -0.39 is 0 Å². The summed E-state index contributed by atoms with van der Waals surface area (Å²) in [5.41, 5.74) is 6.07. The van der Waals surface area contributed by atoms with Crippen LogP contribution < -0.4 is 10.6 Å². The van der Waals surface area contributed by atoms with Gasteiger partial charge in [-0.2, -0.15) is 0 Å². The van der Waals surface area contributed by atoms with Gasteiger partial charge in [-0.3, -0.25) is 4.79 Å². The van der Waals surface area contributed by atoms with Gasteiger partial charge >= 0.3 is 0 Å². The Labute approximate surface area is 94.0 Å². The molecule has 0 radical (unpaired) electrons. The maximum absolute atomic E-state index is 13.1. The number of anilines is 1. The van der Waals surface area contributed by atoms with Crippen molar-refractivity contribution in [3.05, 3.63) is 30.1 Å². The van der Waals surface area contributed by atoms with E-state index in [9.17, 15) is 9.18 Å². The van der Waals surface area contributed by atoms with Gasteiger partial charge in [0.05, 0.1) is 0 Å². The summed E-state index contributed by atoms with van der Waals surface area (Å²) >= 11 is 0. The zero-order valence-electron chi connectivity index (χ0n) is 9.03. The molecule has 0 atom stereocenters. The molecule has 1 saturated carbocycles. The lowest BCUT2D eigenvalue weighted by molar-refractivity contribution is -0.119. The third-order valence-corrected chi connectivity index (χ3v) is 2.67. The Morgan fingerprint density at radius 1 is 1.50 bits per heavy atom. The molecule has 1 aromatic rings. The summed E-state index contributed by atoms with van der Waals surface area (Å²) in [5.74, 6) is -0.144. The Bertz CT molecular complexity index is 390. The molecule has 1 aliphatic carbocycles. The molecular formula is C12H15FN2O. The number of halogens is 1.